The molecule has 0 fully saturated rings. The Morgan fingerprint density at radius 2 is 1.33 bits per heavy atom. The first kappa shape index (κ1) is 43.9. The zero-order chi connectivity index (χ0) is 37.9. The summed E-state index contributed by atoms with van der Waals surface area (Å²) in [7, 11) is 0. The summed E-state index contributed by atoms with van der Waals surface area (Å²) in [5.74, 6) is 0. The lowest BCUT2D eigenvalue weighted by atomic mass is 9.98. The summed E-state index contributed by atoms with van der Waals surface area (Å²) in [6.07, 6.45) is 26.5. The number of nitrogens with zero attached hydrogens (tertiary/aromatic N) is 1. The molecular formula is C49H57NS. The molecule has 0 amide bonds. The van der Waals surface area contributed by atoms with E-state index in [1.54, 1.807) is 17.8 Å². The van der Waals surface area contributed by atoms with Crippen LogP contribution in [0.15, 0.2) is 203 Å². The summed E-state index contributed by atoms with van der Waals surface area (Å²) >= 11 is 1.74. The number of aryl methyl sites for hydroxylation is 1. The lowest BCUT2D eigenvalue weighted by Gasteiger charge is -2.10. The van der Waals surface area contributed by atoms with Gasteiger partial charge in [-0.15, -0.1) is 5.73 Å². The van der Waals surface area contributed by atoms with Crippen LogP contribution in [0.5, 0.6) is 0 Å². The van der Waals surface area contributed by atoms with E-state index in [-0.39, 0.29) is 0 Å². The van der Waals surface area contributed by atoms with Gasteiger partial charge in [0.2, 0.25) is 0 Å². The lowest BCUT2D eigenvalue weighted by Crippen LogP contribution is -1.87. The van der Waals surface area contributed by atoms with E-state index in [0.717, 1.165) is 39.1 Å². The van der Waals surface area contributed by atoms with Crippen LogP contribution in [-0.4, -0.2) is 6.72 Å². The molecule has 0 N–H and O–H groups in total. The summed E-state index contributed by atoms with van der Waals surface area (Å²) in [6, 6.07) is 25.0. The van der Waals surface area contributed by atoms with Crippen LogP contribution in [0, 0.1) is 6.92 Å². The molecule has 0 heterocycles. The molecule has 0 aliphatic heterocycles. The van der Waals surface area contributed by atoms with Gasteiger partial charge in [-0.25, -0.2) is 0 Å². The molecule has 0 radical (unpaired) electrons. The number of rotatable bonds is 14. The highest BCUT2D eigenvalue weighted by atomic mass is 32.2. The van der Waals surface area contributed by atoms with Gasteiger partial charge in [0.25, 0.3) is 0 Å². The van der Waals surface area contributed by atoms with Gasteiger partial charge in [-0.1, -0.05) is 159 Å². The van der Waals surface area contributed by atoms with E-state index in [9.17, 15) is 0 Å². The second-order valence-corrected chi connectivity index (χ2v) is 12.6. The van der Waals surface area contributed by atoms with E-state index in [0.29, 0.717) is 0 Å². The summed E-state index contributed by atoms with van der Waals surface area (Å²) < 4.78 is 0. The topological polar surface area (TPSA) is 12.4 Å². The Morgan fingerprint density at radius 3 is 1.80 bits per heavy atom. The molecule has 2 heteroatoms. The second-order valence-electron chi connectivity index (χ2n) is 11.4. The molecule has 0 aliphatic rings. The third kappa shape index (κ3) is 17.4. The van der Waals surface area contributed by atoms with Gasteiger partial charge in [-0.2, -0.15) is 0 Å². The minimum absolute atomic E-state index is 0.931. The van der Waals surface area contributed by atoms with Crippen LogP contribution in [0.4, 0.5) is 5.69 Å². The van der Waals surface area contributed by atoms with Crippen LogP contribution in [-0.2, 0) is 0 Å². The minimum Gasteiger partial charge on any atom is -0.265 e. The Bertz CT molecular complexity index is 1780. The first-order valence-electron chi connectivity index (χ1n) is 17.4. The fourth-order valence-electron chi connectivity index (χ4n) is 4.58. The molecule has 0 bridgehead atoms. The fraction of sp³-hybridized carbons (Fsp3) is 0.184. The highest BCUT2D eigenvalue weighted by Crippen LogP contribution is 2.32. The van der Waals surface area contributed by atoms with Gasteiger partial charge < -0.3 is 0 Å². The van der Waals surface area contributed by atoms with Crippen LogP contribution in [0.3, 0.4) is 0 Å². The number of benzene rings is 3. The molecule has 3 aromatic carbocycles. The molecule has 0 saturated carbocycles. The van der Waals surface area contributed by atoms with Crippen LogP contribution in [0.25, 0.3) is 11.1 Å². The van der Waals surface area contributed by atoms with Gasteiger partial charge in [0.1, 0.15) is 0 Å². The molecule has 0 atom stereocenters. The van der Waals surface area contributed by atoms with Crippen molar-refractivity contribution in [1.82, 2.24) is 0 Å². The molecule has 0 spiro atoms. The zero-order valence-corrected chi connectivity index (χ0v) is 32.8. The lowest BCUT2D eigenvalue weighted by molar-refractivity contribution is 0.906. The molecule has 51 heavy (non-hydrogen) atoms. The number of allylic oxidation sites excluding steroid dienone is 16. The standard InChI is InChI=1S/C32H32S.C9H16.C8H9N/c1-7-12-15-26(10-4)25(6)28-17-21-30(22-18-28)33-31-23-19-29(20-24-31)32(14-9-3)27(11-5)16-13-8-2;1-4-6-8-9(3)7-5-2;1-7-3-5-8(9-2)6-4-7/h7-13,15-24H,1,5-6H2,2-4H3;4,6,8H,5,7H2,1-3H3;3-6H,2H2,1H3/b13-8-,15-12-,26-10+,27-16+;6-4+,9-8-;. The summed E-state index contributed by atoms with van der Waals surface area (Å²) in [5, 5.41) is 0. The SMILES string of the molecule is C/C=C/C=C(/C)CCC.C=C/C=C\C(=C/C)C(=C)c1ccc(Sc2ccc(C(=C=CC)/C(C=C)=C/C=C\C)cc2)cc1.C=Nc1ccc(C)cc1. The first-order valence-corrected chi connectivity index (χ1v) is 18.3. The van der Waals surface area contributed by atoms with Crippen LogP contribution in [0.1, 0.15) is 71.1 Å². The summed E-state index contributed by atoms with van der Waals surface area (Å²) in [5.41, 5.74) is 13.4. The van der Waals surface area contributed by atoms with Crippen LogP contribution in [0.2, 0.25) is 0 Å². The van der Waals surface area contributed by atoms with E-state index in [4.69, 9.17) is 0 Å². The molecule has 3 rings (SSSR count). The Kier molecular flexibility index (Phi) is 23.0. The van der Waals surface area contributed by atoms with E-state index in [1.165, 1.54) is 33.8 Å². The normalized spacial score (nSPS) is 11.6. The average molecular weight is 692 g/mol. The van der Waals surface area contributed by atoms with Gasteiger partial charge in [0.15, 0.2) is 0 Å². The monoisotopic (exact) mass is 691 g/mol. The van der Waals surface area contributed by atoms with Gasteiger partial charge in [-0.3, -0.25) is 4.99 Å². The van der Waals surface area contributed by atoms with Gasteiger partial charge in [0, 0.05) is 15.4 Å². The third-order valence-corrected chi connectivity index (χ3v) is 8.37. The maximum absolute atomic E-state index is 4.26. The van der Waals surface area contributed by atoms with Gasteiger partial charge >= 0.3 is 0 Å². The maximum atomic E-state index is 4.26. The molecular weight excluding hydrogens is 635 g/mol. The highest BCUT2D eigenvalue weighted by molar-refractivity contribution is 7.99. The highest BCUT2D eigenvalue weighted by Gasteiger charge is 2.07. The quantitative estimate of drug-likeness (QED) is 0.0931. The van der Waals surface area contributed by atoms with Crippen molar-refractivity contribution in [2.45, 2.75) is 71.1 Å². The number of aliphatic imine (C=N–C) groups is 1. The van der Waals surface area contributed by atoms with E-state index >= 15 is 0 Å². The third-order valence-electron chi connectivity index (χ3n) is 7.35. The van der Waals surface area contributed by atoms with E-state index in [2.05, 4.69) is 130 Å². The largest absolute Gasteiger partial charge is 0.265 e. The molecule has 3 aromatic rings. The van der Waals surface area contributed by atoms with Crippen molar-refractivity contribution in [2.24, 2.45) is 4.99 Å². The number of hydrogen-bond donors (Lipinski definition) is 0. The van der Waals surface area contributed by atoms with Crippen LogP contribution < -0.4 is 0 Å². The Morgan fingerprint density at radius 1 is 0.765 bits per heavy atom. The fourth-order valence-corrected chi connectivity index (χ4v) is 5.40. The molecule has 0 saturated heterocycles. The van der Waals surface area contributed by atoms with Crippen molar-refractivity contribution in [3.8, 4) is 0 Å². The summed E-state index contributed by atoms with van der Waals surface area (Å²) in [4.78, 5) is 6.13. The van der Waals surface area contributed by atoms with Crippen LogP contribution >= 0.6 is 11.8 Å². The Balaban J connectivity index is 0.000000585. The predicted molar refractivity (Wildman–Crippen MR) is 233 cm³/mol. The van der Waals surface area contributed by atoms with Gasteiger partial charge in [0.05, 0.1) is 5.69 Å². The van der Waals surface area contributed by atoms with Crippen molar-refractivity contribution in [3.05, 3.63) is 205 Å². The maximum Gasteiger partial charge on any atom is 0.0622 e. The van der Waals surface area contributed by atoms with E-state index < -0.39 is 0 Å². The van der Waals surface area contributed by atoms with E-state index in [1.807, 2.05) is 95.3 Å². The minimum atomic E-state index is 0.931. The molecule has 0 unspecified atom stereocenters. The average Bonchev–Trinajstić information content (AvgIpc) is 3.15. The van der Waals surface area contributed by atoms with Crippen molar-refractivity contribution in [2.75, 3.05) is 0 Å². The molecule has 0 aliphatic carbocycles. The zero-order valence-electron chi connectivity index (χ0n) is 32.0. The Hall–Kier alpha value is -5.14. The number of hydrogen-bond acceptors (Lipinski definition) is 2. The summed E-state index contributed by atoms with van der Waals surface area (Å²) in [6.45, 7) is 29.8. The first-order chi connectivity index (χ1) is 24.7. The second kappa shape index (κ2) is 26.7. The predicted octanol–water partition coefficient (Wildman–Crippen LogP) is 15.4. The Labute approximate surface area is 314 Å². The van der Waals surface area contributed by atoms with Gasteiger partial charge in [-0.05, 0) is 125 Å². The molecule has 0 aromatic heterocycles. The van der Waals surface area contributed by atoms with Crippen molar-refractivity contribution in [1.29, 1.82) is 0 Å². The molecule has 264 valence electrons. The van der Waals surface area contributed by atoms with Crippen molar-refractivity contribution in [3.63, 3.8) is 0 Å². The smallest absolute Gasteiger partial charge is 0.0622 e. The van der Waals surface area contributed by atoms with Crippen molar-refractivity contribution >= 4 is 35.3 Å². The molecule has 1 nitrogen and oxygen atoms in total. The van der Waals surface area contributed by atoms with Crippen molar-refractivity contribution < 1.29 is 0 Å².